The summed E-state index contributed by atoms with van der Waals surface area (Å²) in [6.45, 7) is 4.71. The van der Waals surface area contributed by atoms with Crippen molar-refractivity contribution in [3.05, 3.63) is 42.1 Å². The van der Waals surface area contributed by atoms with Gasteiger partial charge in [-0.25, -0.2) is 0 Å². The maximum atomic E-state index is 12.6. The van der Waals surface area contributed by atoms with E-state index in [1.165, 1.54) is 0 Å². The Morgan fingerprint density at radius 3 is 2.62 bits per heavy atom. The van der Waals surface area contributed by atoms with Gasteiger partial charge in [0.25, 0.3) is 5.91 Å². The Kier molecular flexibility index (Phi) is 3.75. The monoisotopic (exact) mass is 285 g/mol. The number of nitrogens with zero attached hydrogens (tertiary/aromatic N) is 3. The Morgan fingerprint density at radius 1 is 1.24 bits per heavy atom. The second-order valence-corrected chi connectivity index (χ2v) is 5.56. The normalized spacial score (nSPS) is 19.7. The first-order valence-electron chi connectivity index (χ1n) is 7.16. The highest BCUT2D eigenvalue weighted by atomic mass is 16.5. The van der Waals surface area contributed by atoms with Gasteiger partial charge in [-0.15, -0.1) is 0 Å². The highest BCUT2D eigenvalue weighted by Crippen LogP contribution is 2.20. The largest absolute Gasteiger partial charge is 0.356 e. The Labute approximate surface area is 124 Å². The summed E-state index contributed by atoms with van der Waals surface area (Å²) in [5.41, 5.74) is 1.64. The first kappa shape index (κ1) is 13.8. The number of hydrogen-bond donors (Lipinski definition) is 0. The van der Waals surface area contributed by atoms with Crippen LogP contribution in [0.25, 0.3) is 11.3 Å². The number of aromatic nitrogens is 1. The van der Waals surface area contributed by atoms with Gasteiger partial charge in [0.15, 0.2) is 5.76 Å². The minimum Gasteiger partial charge on any atom is -0.356 e. The molecule has 21 heavy (non-hydrogen) atoms. The minimum absolute atomic E-state index is 0.0970. The van der Waals surface area contributed by atoms with Gasteiger partial charge in [0.05, 0.1) is 6.20 Å². The van der Waals surface area contributed by atoms with Gasteiger partial charge in [0.2, 0.25) is 0 Å². The molecular weight excluding hydrogens is 266 g/mol. The third-order valence-electron chi connectivity index (χ3n) is 3.95. The predicted molar refractivity (Wildman–Crippen MR) is 79.9 cm³/mol. The van der Waals surface area contributed by atoms with Crippen LogP contribution in [-0.4, -0.2) is 53.6 Å². The van der Waals surface area contributed by atoms with E-state index in [-0.39, 0.29) is 11.9 Å². The SMILES string of the molecule is C[C@H]1CN(C)CCN1C(=O)c1ccc(-c2ccno2)cc1. The number of piperazine rings is 1. The summed E-state index contributed by atoms with van der Waals surface area (Å²) in [5.74, 6) is 0.807. The van der Waals surface area contributed by atoms with Gasteiger partial charge in [-0.3, -0.25) is 4.79 Å². The molecule has 110 valence electrons. The maximum absolute atomic E-state index is 12.6. The van der Waals surface area contributed by atoms with Crippen molar-refractivity contribution in [1.29, 1.82) is 0 Å². The van der Waals surface area contributed by atoms with Crippen LogP contribution in [0.4, 0.5) is 0 Å². The number of benzene rings is 1. The van der Waals surface area contributed by atoms with E-state index in [4.69, 9.17) is 4.52 Å². The molecule has 1 fully saturated rings. The lowest BCUT2D eigenvalue weighted by Crippen LogP contribution is -2.52. The van der Waals surface area contributed by atoms with Crippen molar-refractivity contribution in [2.75, 3.05) is 26.7 Å². The van der Waals surface area contributed by atoms with E-state index < -0.39 is 0 Å². The first-order chi connectivity index (χ1) is 10.1. The highest BCUT2D eigenvalue weighted by Gasteiger charge is 2.26. The molecule has 5 nitrogen and oxygen atoms in total. The highest BCUT2D eigenvalue weighted by molar-refractivity contribution is 5.95. The molecule has 0 unspecified atom stereocenters. The predicted octanol–water partition coefficient (Wildman–Crippen LogP) is 2.12. The molecular formula is C16H19N3O2. The lowest BCUT2D eigenvalue weighted by molar-refractivity contribution is 0.0533. The zero-order valence-electron chi connectivity index (χ0n) is 12.3. The average molecular weight is 285 g/mol. The summed E-state index contributed by atoms with van der Waals surface area (Å²) in [6.07, 6.45) is 1.61. The fraction of sp³-hybridized carbons (Fsp3) is 0.375. The van der Waals surface area contributed by atoms with Gasteiger partial charge < -0.3 is 14.3 Å². The van der Waals surface area contributed by atoms with E-state index in [1.54, 1.807) is 12.3 Å². The number of carbonyl (C=O) groups is 1. The maximum Gasteiger partial charge on any atom is 0.254 e. The first-order valence-corrected chi connectivity index (χ1v) is 7.16. The van der Waals surface area contributed by atoms with Crippen LogP contribution in [0.3, 0.4) is 0 Å². The Balaban J connectivity index is 1.76. The summed E-state index contributed by atoms with van der Waals surface area (Å²) >= 11 is 0. The van der Waals surface area contributed by atoms with Crippen molar-refractivity contribution in [3.8, 4) is 11.3 Å². The van der Waals surface area contributed by atoms with Crippen LogP contribution >= 0.6 is 0 Å². The minimum atomic E-state index is 0.0970. The number of likely N-dealkylation sites (N-methyl/N-ethyl adjacent to an activating group) is 1. The molecule has 1 aliphatic heterocycles. The van der Waals surface area contributed by atoms with E-state index >= 15 is 0 Å². The van der Waals surface area contributed by atoms with Crippen molar-refractivity contribution < 1.29 is 9.32 Å². The lowest BCUT2D eigenvalue weighted by atomic mass is 10.1. The van der Waals surface area contributed by atoms with Crippen molar-refractivity contribution >= 4 is 5.91 Å². The molecule has 0 bridgehead atoms. The molecule has 2 heterocycles. The van der Waals surface area contributed by atoms with Crippen molar-refractivity contribution in [1.82, 2.24) is 15.0 Å². The molecule has 0 radical (unpaired) electrons. The van der Waals surface area contributed by atoms with Crippen molar-refractivity contribution in [2.45, 2.75) is 13.0 Å². The topological polar surface area (TPSA) is 49.6 Å². The van der Waals surface area contributed by atoms with Crippen LogP contribution in [0.2, 0.25) is 0 Å². The van der Waals surface area contributed by atoms with Gasteiger partial charge in [-0.05, 0) is 26.1 Å². The van der Waals surface area contributed by atoms with E-state index in [2.05, 4.69) is 24.0 Å². The molecule has 3 rings (SSSR count). The summed E-state index contributed by atoms with van der Waals surface area (Å²) in [6, 6.07) is 9.55. The van der Waals surface area contributed by atoms with Crippen LogP contribution in [0, 0.1) is 0 Å². The molecule has 5 heteroatoms. The molecule has 0 N–H and O–H groups in total. The third-order valence-corrected chi connectivity index (χ3v) is 3.95. The molecule has 1 aliphatic rings. The van der Waals surface area contributed by atoms with E-state index in [1.807, 2.05) is 29.2 Å². The summed E-state index contributed by atoms with van der Waals surface area (Å²) < 4.78 is 5.11. The second-order valence-electron chi connectivity index (χ2n) is 5.56. The van der Waals surface area contributed by atoms with Crippen LogP contribution in [-0.2, 0) is 0 Å². The average Bonchev–Trinajstić information content (AvgIpc) is 3.01. The molecule has 0 saturated carbocycles. The molecule has 1 atom stereocenters. The van der Waals surface area contributed by atoms with Gasteiger partial charge >= 0.3 is 0 Å². The molecule has 1 aromatic heterocycles. The molecule has 2 aromatic rings. The third kappa shape index (κ3) is 2.83. The molecule has 1 amide bonds. The zero-order valence-corrected chi connectivity index (χ0v) is 12.3. The molecule has 0 spiro atoms. The molecule has 0 aliphatic carbocycles. The number of hydrogen-bond acceptors (Lipinski definition) is 4. The molecule has 1 aromatic carbocycles. The van der Waals surface area contributed by atoms with E-state index in [0.29, 0.717) is 5.76 Å². The Bertz CT molecular complexity index is 607. The number of amides is 1. The van der Waals surface area contributed by atoms with Crippen molar-refractivity contribution in [3.63, 3.8) is 0 Å². The summed E-state index contributed by atoms with van der Waals surface area (Å²) in [7, 11) is 2.09. The lowest BCUT2D eigenvalue weighted by Gasteiger charge is -2.38. The van der Waals surface area contributed by atoms with Gasteiger partial charge in [0.1, 0.15) is 0 Å². The van der Waals surface area contributed by atoms with Crippen molar-refractivity contribution in [2.24, 2.45) is 0 Å². The number of carbonyl (C=O) groups excluding carboxylic acids is 1. The standard InChI is InChI=1S/C16H19N3O2/c1-12-11-18(2)9-10-19(12)16(20)14-5-3-13(4-6-14)15-7-8-17-21-15/h3-8,12H,9-11H2,1-2H3/t12-/m0/s1. The molecule has 1 saturated heterocycles. The van der Waals surface area contributed by atoms with Crippen LogP contribution in [0.15, 0.2) is 41.1 Å². The van der Waals surface area contributed by atoms with E-state index in [9.17, 15) is 4.79 Å². The second kappa shape index (κ2) is 5.69. The zero-order chi connectivity index (χ0) is 14.8. The van der Waals surface area contributed by atoms with Gasteiger partial charge in [-0.1, -0.05) is 17.3 Å². The van der Waals surface area contributed by atoms with E-state index in [0.717, 1.165) is 30.8 Å². The quantitative estimate of drug-likeness (QED) is 0.848. The Morgan fingerprint density at radius 2 is 2.00 bits per heavy atom. The van der Waals surface area contributed by atoms with Gasteiger partial charge in [-0.2, -0.15) is 0 Å². The van der Waals surface area contributed by atoms with Crippen LogP contribution < -0.4 is 0 Å². The fourth-order valence-electron chi connectivity index (χ4n) is 2.75. The van der Waals surface area contributed by atoms with Gasteiger partial charge in [0, 0.05) is 42.9 Å². The van der Waals surface area contributed by atoms with Crippen LogP contribution in [0.1, 0.15) is 17.3 Å². The number of rotatable bonds is 2. The fourth-order valence-corrected chi connectivity index (χ4v) is 2.75. The summed E-state index contributed by atoms with van der Waals surface area (Å²) in [5, 5.41) is 3.69. The summed E-state index contributed by atoms with van der Waals surface area (Å²) in [4.78, 5) is 16.8. The van der Waals surface area contributed by atoms with Crippen LogP contribution in [0.5, 0.6) is 0 Å². The smallest absolute Gasteiger partial charge is 0.254 e. The Hall–Kier alpha value is -2.14.